The zero-order valence-corrected chi connectivity index (χ0v) is 15.9. The Morgan fingerprint density at radius 2 is 1.81 bits per heavy atom. The highest BCUT2D eigenvalue weighted by atomic mass is 32.2. The number of nitrogens with one attached hydrogen (secondary N) is 1. The fourth-order valence-electron chi connectivity index (χ4n) is 2.91. The van der Waals surface area contributed by atoms with E-state index in [0.717, 1.165) is 11.0 Å². The van der Waals surface area contributed by atoms with Crippen LogP contribution in [0.5, 0.6) is 0 Å². The maximum atomic E-state index is 12.3. The van der Waals surface area contributed by atoms with E-state index >= 15 is 0 Å². The molecule has 0 fully saturated rings. The number of aromatic nitrogens is 5. The van der Waals surface area contributed by atoms with Crippen molar-refractivity contribution < 1.29 is 0 Å². The van der Waals surface area contributed by atoms with Crippen molar-refractivity contribution in [3.8, 4) is 0 Å². The lowest BCUT2D eigenvalue weighted by Gasteiger charge is -2.13. The minimum absolute atomic E-state index is 0.0690. The molecule has 0 saturated heterocycles. The fraction of sp³-hybridized carbons (Fsp3) is 0.200. The van der Waals surface area contributed by atoms with Crippen LogP contribution in [-0.4, -0.2) is 24.7 Å². The van der Waals surface area contributed by atoms with E-state index in [-0.39, 0.29) is 10.8 Å². The molecule has 4 aromatic rings. The highest BCUT2D eigenvalue weighted by molar-refractivity contribution is 7.99. The van der Waals surface area contributed by atoms with Crippen LogP contribution in [0.15, 0.2) is 64.5 Å². The first-order valence-corrected chi connectivity index (χ1v) is 9.59. The second kappa shape index (κ2) is 7.36. The van der Waals surface area contributed by atoms with Gasteiger partial charge in [0, 0.05) is 0 Å². The molecule has 0 unspecified atom stereocenters. The van der Waals surface area contributed by atoms with Crippen molar-refractivity contribution in [3.05, 3.63) is 82.2 Å². The number of nitrogens with zero attached hydrogens (tertiary/aromatic N) is 4. The molecule has 2 aromatic carbocycles. The van der Waals surface area contributed by atoms with Gasteiger partial charge in [-0.25, -0.2) is 4.98 Å². The first-order valence-electron chi connectivity index (χ1n) is 8.71. The number of H-pyrrole nitrogens is 1. The van der Waals surface area contributed by atoms with E-state index in [1.54, 1.807) is 6.07 Å². The standard InChI is InChI=1S/C20H19N5OS/c1-13(18-21-17-11-7-6-10-16(17)19(26)22-18)27-20-24-23-14(2)25(20)12-15-8-4-3-5-9-15/h3-11,13H,12H2,1-2H3,(H,21,22,26)/t13-/m1/s1. The third-order valence-electron chi connectivity index (χ3n) is 4.38. The van der Waals surface area contributed by atoms with Crippen LogP contribution in [0.2, 0.25) is 0 Å². The van der Waals surface area contributed by atoms with Gasteiger partial charge in [-0.15, -0.1) is 10.2 Å². The molecule has 1 N–H and O–H groups in total. The molecule has 136 valence electrons. The molecule has 0 saturated carbocycles. The summed E-state index contributed by atoms with van der Waals surface area (Å²) in [5, 5.41) is 9.88. The van der Waals surface area contributed by atoms with E-state index in [9.17, 15) is 4.79 Å². The summed E-state index contributed by atoms with van der Waals surface area (Å²) in [5.74, 6) is 1.49. The monoisotopic (exact) mass is 377 g/mol. The van der Waals surface area contributed by atoms with Crippen molar-refractivity contribution in [2.45, 2.75) is 30.8 Å². The quantitative estimate of drug-likeness (QED) is 0.536. The molecule has 2 heterocycles. The van der Waals surface area contributed by atoms with Crippen LogP contribution in [0.3, 0.4) is 0 Å². The summed E-state index contributed by atoms with van der Waals surface area (Å²) in [6.45, 7) is 4.66. The van der Waals surface area contributed by atoms with Crippen molar-refractivity contribution in [1.29, 1.82) is 0 Å². The van der Waals surface area contributed by atoms with Gasteiger partial charge in [0.05, 0.1) is 22.7 Å². The first-order chi connectivity index (χ1) is 13.1. The van der Waals surface area contributed by atoms with Crippen LogP contribution in [-0.2, 0) is 6.54 Å². The zero-order chi connectivity index (χ0) is 18.8. The molecule has 4 rings (SSSR count). The number of aromatic amines is 1. The number of benzene rings is 2. The van der Waals surface area contributed by atoms with Crippen LogP contribution < -0.4 is 5.56 Å². The lowest BCUT2D eigenvalue weighted by Crippen LogP contribution is -2.13. The number of thioether (sulfide) groups is 1. The van der Waals surface area contributed by atoms with Crippen LogP contribution >= 0.6 is 11.8 Å². The number of aryl methyl sites for hydroxylation is 1. The van der Waals surface area contributed by atoms with Crippen molar-refractivity contribution in [1.82, 2.24) is 24.7 Å². The van der Waals surface area contributed by atoms with Crippen LogP contribution in [0.25, 0.3) is 10.9 Å². The van der Waals surface area contributed by atoms with Gasteiger partial charge in [-0.1, -0.05) is 54.2 Å². The molecule has 0 amide bonds. The Balaban J connectivity index is 1.62. The second-order valence-corrected chi connectivity index (χ2v) is 7.64. The lowest BCUT2D eigenvalue weighted by atomic mass is 10.2. The van der Waals surface area contributed by atoms with Gasteiger partial charge in [-0.3, -0.25) is 4.79 Å². The fourth-order valence-corrected chi connectivity index (χ4v) is 3.86. The molecule has 0 aliphatic carbocycles. The van der Waals surface area contributed by atoms with Crippen LogP contribution in [0, 0.1) is 6.92 Å². The van der Waals surface area contributed by atoms with Gasteiger partial charge in [0.1, 0.15) is 11.6 Å². The van der Waals surface area contributed by atoms with Gasteiger partial charge in [-0.05, 0) is 31.5 Å². The number of hydrogen-bond acceptors (Lipinski definition) is 5. The molecule has 2 aromatic heterocycles. The Hall–Kier alpha value is -2.93. The molecule has 0 radical (unpaired) electrons. The SMILES string of the molecule is Cc1nnc(S[C@H](C)c2nc3ccccc3c(=O)[nH]2)n1Cc1ccccc1. The Morgan fingerprint density at radius 1 is 1.07 bits per heavy atom. The molecule has 0 spiro atoms. The highest BCUT2D eigenvalue weighted by Crippen LogP contribution is 2.32. The maximum Gasteiger partial charge on any atom is 0.258 e. The van der Waals surface area contributed by atoms with E-state index < -0.39 is 0 Å². The summed E-state index contributed by atoms with van der Waals surface area (Å²) in [6, 6.07) is 17.6. The molecule has 0 aliphatic heterocycles. The first kappa shape index (κ1) is 17.5. The third-order valence-corrected chi connectivity index (χ3v) is 5.47. The second-order valence-electron chi connectivity index (χ2n) is 6.33. The Morgan fingerprint density at radius 3 is 2.63 bits per heavy atom. The smallest absolute Gasteiger partial charge is 0.258 e. The predicted molar refractivity (Wildman–Crippen MR) is 107 cm³/mol. The maximum absolute atomic E-state index is 12.3. The minimum atomic E-state index is -0.120. The van der Waals surface area contributed by atoms with Gasteiger partial charge in [-0.2, -0.15) is 0 Å². The van der Waals surface area contributed by atoms with Gasteiger partial charge < -0.3 is 9.55 Å². The van der Waals surface area contributed by atoms with Crippen molar-refractivity contribution in [2.75, 3.05) is 0 Å². The summed E-state index contributed by atoms with van der Waals surface area (Å²) >= 11 is 1.54. The van der Waals surface area contributed by atoms with E-state index in [0.29, 0.717) is 23.3 Å². The summed E-state index contributed by atoms with van der Waals surface area (Å²) in [7, 11) is 0. The van der Waals surface area contributed by atoms with E-state index in [4.69, 9.17) is 0 Å². The van der Waals surface area contributed by atoms with Gasteiger partial charge in [0.2, 0.25) is 0 Å². The number of hydrogen-bond donors (Lipinski definition) is 1. The summed E-state index contributed by atoms with van der Waals surface area (Å²) in [6.07, 6.45) is 0. The Kier molecular flexibility index (Phi) is 4.77. The predicted octanol–water partition coefficient (Wildman–Crippen LogP) is 3.72. The van der Waals surface area contributed by atoms with Crippen molar-refractivity contribution in [3.63, 3.8) is 0 Å². The van der Waals surface area contributed by atoms with E-state index in [1.165, 1.54) is 17.3 Å². The van der Waals surface area contributed by atoms with Crippen LogP contribution in [0.4, 0.5) is 0 Å². The summed E-state index contributed by atoms with van der Waals surface area (Å²) in [5.41, 5.74) is 1.77. The van der Waals surface area contributed by atoms with E-state index in [1.807, 2.05) is 50.2 Å². The zero-order valence-electron chi connectivity index (χ0n) is 15.1. The van der Waals surface area contributed by atoms with Crippen molar-refractivity contribution in [2.24, 2.45) is 0 Å². The van der Waals surface area contributed by atoms with Gasteiger partial charge in [0.25, 0.3) is 5.56 Å². The Bertz CT molecular complexity index is 1140. The van der Waals surface area contributed by atoms with Crippen molar-refractivity contribution >= 4 is 22.7 Å². The normalized spacial score (nSPS) is 12.4. The molecule has 0 aliphatic rings. The molecule has 7 heteroatoms. The molecule has 27 heavy (non-hydrogen) atoms. The molecular formula is C20H19N5OS. The van der Waals surface area contributed by atoms with Crippen LogP contribution in [0.1, 0.15) is 29.4 Å². The van der Waals surface area contributed by atoms with E-state index in [2.05, 4.69) is 36.9 Å². The topological polar surface area (TPSA) is 76.5 Å². The molecule has 1 atom stereocenters. The number of para-hydroxylation sites is 1. The third kappa shape index (κ3) is 3.64. The number of fused-ring (bicyclic) bond motifs is 1. The minimum Gasteiger partial charge on any atom is -0.309 e. The van der Waals surface area contributed by atoms with Gasteiger partial charge in [0.15, 0.2) is 5.16 Å². The Labute approximate surface area is 160 Å². The number of rotatable bonds is 5. The largest absolute Gasteiger partial charge is 0.309 e. The summed E-state index contributed by atoms with van der Waals surface area (Å²) in [4.78, 5) is 19.9. The molecular weight excluding hydrogens is 358 g/mol. The summed E-state index contributed by atoms with van der Waals surface area (Å²) < 4.78 is 2.08. The average molecular weight is 377 g/mol. The highest BCUT2D eigenvalue weighted by Gasteiger charge is 2.17. The average Bonchev–Trinajstić information content (AvgIpc) is 3.02. The van der Waals surface area contributed by atoms with Gasteiger partial charge >= 0.3 is 0 Å². The molecule has 0 bridgehead atoms. The molecule has 6 nitrogen and oxygen atoms in total. The lowest BCUT2D eigenvalue weighted by molar-refractivity contribution is 0.686.